The van der Waals surface area contributed by atoms with Gasteiger partial charge in [0, 0.05) is 23.6 Å². The van der Waals surface area contributed by atoms with Gasteiger partial charge in [0.25, 0.3) is 0 Å². The van der Waals surface area contributed by atoms with Crippen molar-refractivity contribution in [3.8, 4) is 17.0 Å². The van der Waals surface area contributed by atoms with E-state index in [-0.39, 0.29) is 17.6 Å². The first-order valence-corrected chi connectivity index (χ1v) is 10.7. The van der Waals surface area contributed by atoms with E-state index < -0.39 is 18.2 Å². The number of ether oxygens (including phenoxy) is 2. The Bertz CT molecular complexity index is 1250. The minimum Gasteiger partial charge on any atom is -0.619 e. The van der Waals surface area contributed by atoms with E-state index in [0.717, 1.165) is 0 Å². The van der Waals surface area contributed by atoms with Crippen LogP contribution >= 0.6 is 0 Å². The third kappa shape index (κ3) is 4.04. The molecule has 0 saturated heterocycles. The number of pyridine rings is 1. The number of anilines is 1. The number of H-pyrrole nitrogens is 1. The number of aromatic nitrogens is 3. The number of hydrogen-bond acceptors (Lipinski definition) is 6. The minimum absolute atomic E-state index is 0.0144. The van der Waals surface area contributed by atoms with E-state index in [9.17, 15) is 23.6 Å². The van der Waals surface area contributed by atoms with Gasteiger partial charge in [0.05, 0.1) is 16.8 Å². The standard InChI is InChI=1S/C23H20F2N4O5/c24-22(25)33-15-3-1-2-14(10-15)18-11-19(28-27-18)26-20(30)13-4-7-23(8-5-13)17-12-29(32)9-6-16(17)21(31)34-23/h1-3,6,9-13,22H,4-5,7-8H2,(H2,26,27,28,30)/t13-,23+. The molecule has 1 amide bonds. The fourth-order valence-corrected chi connectivity index (χ4v) is 4.63. The van der Waals surface area contributed by atoms with Crippen LogP contribution in [0.3, 0.4) is 0 Å². The van der Waals surface area contributed by atoms with Crippen molar-refractivity contribution >= 4 is 17.7 Å². The minimum atomic E-state index is -2.93. The number of carbonyl (C=O) groups is 2. The molecule has 0 bridgehead atoms. The highest BCUT2D eigenvalue weighted by Crippen LogP contribution is 2.47. The van der Waals surface area contributed by atoms with Gasteiger partial charge in [0.1, 0.15) is 11.4 Å². The van der Waals surface area contributed by atoms with E-state index in [0.29, 0.717) is 58.6 Å². The summed E-state index contributed by atoms with van der Waals surface area (Å²) in [5, 5.41) is 21.4. The molecule has 1 spiro atoms. The number of halogens is 2. The van der Waals surface area contributed by atoms with Crippen LogP contribution in [0.25, 0.3) is 11.3 Å². The van der Waals surface area contributed by atoms with E-state index in [1.54, 1.807) is 18.2 Å². The quantitative estimate of drug-likeness (QED) is 0.335. The molecule has 0 atom stereocenters. The second-order valence-electron chi connectivity index (χ2n) is 8.35. The van der Waals surface area contributed by atoms with Gasteiger partial charge in [-0.2, -0.15) is 18.6 Å². The molecule has 11 heteroatoms. The van der Waals surface area contributed by atoms with Crippen molar-refractivity contribution in [3.05, 3.63) is 65.1 Å². The average molecular weight is 470 g/mol. The smallest absolute Gasteiger partial charge is 0.387 e. The third-order valence-electron chi connectivity index (χ3n) is 6.30. The topological polar surface area (TPSA) is 120 Å². The number of aromatic amines is 1. The Balaban J connectivity index is 1.23. The lowest BCUT2D eigenvalue weighted by Crippen LogP contribution is -2.37. The Morgan fingerprint density at radius 2 is 2.09 bits per heavy atom. The molecule has 1 aromatic carbocycles. The zero-order valence-corrected chi connectivity index (χ0v) is 17.8. The number of esters is 1. The number of rotatable bonds is 5. The monoisotopic (exact) mass is 470 g/mol. The molecule has 5 rings (SSSR count). The van der Waals surface area contributed by atoms with Crippen molar-refractivity contribution in [2.24, 2.45) is 5.92 Å². The van der Waals surface area contributed by atoms with Crippen LogP contribution in [-0.2, 0) is 15.1 Å². The lowest BCUT2D eigenvalue weighted by atomic mass is 9.75. The first kappa shape index (κ1) is 21.8. The van der Waals surface area contributed by atoms with Crippen LogP contribution in [0, 0.1) is 11.1 Å². The fraction of sp³-hybridized carbons (Fsp3) is 0.304. The number of benzene rings is 1. The molecule has 1 saturated carbocycles. The van der Waals surface area contributed by atoms with E-state index >= 15 is 0 Å². The number of hydrogen-bond donors (Lipinski definition) is 2. The summed E-state index contributed by atoms with van der Waals surface area (Å²) >= 11 is 0. The molecule has 2 aliphatic rings. The van der Waals surface area contributed by atoms with Crippen LogP contribution in [0.1, 0.15) is 41.6 Å². The summed E-state index contributed by atoms with van der Waals surface area (Å²) in [6, 6.07) is 9.20. The number of nitrogens with zero attached hydrogens (tertiary/aromatic N) is 2. The SMILES string of the molecule is O=C1O[C@]2(CC[C@@H](C(=O)Nc3cc(-c4cccc(OC(F)F)c4)[nH]n3)CC2)c2c[n+]([O-])ccc21. The third-order valence-corrected chi connectivity index (χ3v) is 6.30. The van der Waals surface area contributed by atoms with Gasteiger partial charge in [-0.05, 0) is 37.8 Å². The van der Waals surface area contributed by atoms with Gasteiger partial charge < -0.3 is 20.0 Å². The maximum atomic E-state index is 12.8. The van der Waals surface area contributed by atoms with Gasteiger partial charge in [0.2, 0.25) is 5.91 Å². The lowest BCUT2D eigenvalue weighted by Gasteiger charge is -2.35. The van der Waals surface area contributed by atoms with Crippen molar-refractivity contribution in [1.29, 1.82) is 0 Å². The summed E-state index contributed by atoms with van der Waals surface area (Å²) in [4.78, 5) is 25.1. The number of carbonyl (C=O) groups excluding carboxylic acids is 2. The van der Waals surface area contributed by atoms with Crippen LogP contribution in [0.15, 0.2) is 48.8 Å². The number of alkyl halides is 2. The number of fused-ring (bicyclic) bond motifs is 2. The van der Waals surface area contributed by atoms with Crippen LogP contribution < -0.4 is 14.8 Å². The van der Waals surface area contributed by atoms with Gasteiger partial charge in [-0.3, -0.25) is 9.89 Å². The molecule has 2 N–H and O–H groups in total. The summed E-state index contributed by atoms with van der Waals surface area (Å²) in [5.41, 5.74) is 1.19. The highest BCUT2D eigenvalue weighted by Gasteiger charge is 2.50. The average Bonchev–Trinajstić information content (AvgIpc) is 3.37. The Morgan fingerprint density at radius 3 is 2.85 bits per heavy atom. The molecular weight excluding hydrogens is 450 g/mol. The van der Waals surface area contributed by atoms with E-state index in [1.165, 1.54) is 30.6 Å². The summed E-state index contributed by atoms with van der Waals surface area (Å²) in [6.45, 7) is -2.93. The summed E-state index contributed by atoms with van der Waals surface area (Å²) in [5.74, 6) is -0.685. The first-order valence-electron chi connectivity index (χ1n) is 10.7. The predicted molar refractivity (Wildman–Crippen MR) is 114 cm³/mol. The van der Waals surface area contributed by atoms with Crippen molar-refractivity contribution in [2.45, 2.75) is 37.9 Å². The van der Waals surface area contributed by atoms with E-state index in [1.807, 2.05) is 0 Å². The van der Waals surface area contributed by atoms with Crippen molar-refractivity contribution in [3.63, 3.8) is 0 Å². The molecular formula is C23H20F2N4O5. The van der Waals surface area contributed by atoms with Crippen LogP contribution in [0.2, 0.25) is 0 Å². The molecule has 3 heterocycles. The van der Waals surface area contributed by atoms with Crippen molar-refractivity contribution in [2.75, 3.05) is 5.32 Å². The molecule has 1 fully saturated rings. The van der Waals surface area contributed by atoms with E-state index in [2.05, 4.69) is 20.3 Å². The molecule has 3 aromatic rings. The van der Waals surface area contributed by atoms with Crippen LogP contribution in [-0.4, -0.2) is 28.7 Å². The zero-order valence-electron chi connectivity index (χ0n) is 17.8. The van der Waals surface area contributed by atoms with Gasteiger partial charge in [-0.15, -0.1) is 0 Å². The summed E-state index contributed by atoms with van der Waals surface area (Å²) in [7, 11) is 0. The van der Waals surface area contributed by atoms with Gasteiger partial charge in [-0.1, -0.05) is 12.1 Å². The molecule has 2 aromatic heterocycles. The maximum Gasteiger partial charge on any atom is 0.387 e. The summed E-state index contributed by atoms with van der Waals surface area (Å²) < 4.78 is 35.6. The Hall–Kier alpha value is -4.02. The molecule has 0 unspecified atom stereocenters. The largest absolute Gasteiger partial charge is 0.619 e. The summed E-state index contributed by atoms with van der Waals surface area (Å²) in [6.07, 6.45) is 4.42. The Labute approximate surface area is 192 Å². The fourth-order valence-electron chi connectivity index (χ4n) is 4.63. The first-order chi connectivity index (χ1) is 16.3. The van der Waals surface area contributed by atoms with E-state index in [4.69, 9.17) is 4.74 Å². The maximum absolute atomic E-state index is 12.8. The normalized spacial score (nSPS) is 21.4. The highest BCUT2D eigenvalue weighted by atomic mass is 19.3. The Kier molecular flexibility index (Phi) is 5.39. The van der Waals surface area contributed by atoms with Crippen molar-refractivity contribution in [1.82, 2.24) is 10.2 Å². The highest BCUT2D eigenvalue weighted by molar-refractivity contribution is 5.95. The second-order valence-corrected chi connectivity index (χ2v) is 8.35. The lowest BCUT2D eigenvalue weighted by molar-refractivity contribution is -0.606. The molecule has 0 radical (unpaired) electrons. The molecule has 1 aliphatic heterocycles. The number of nitrogens with one attached hydrogen (secondary N) is 2. The van der Waals surface area contributed by atoms with Crippen LogP contribution in [0.5, 0.6) is 5.75 Å². The number of amides is 1. The molecule has 9 nitrogen and oxygen atoms in total. The zero-order chi connectivity index (χ0) is 23.9. The van der Waals surface area contributed by atoms with Gasteiger partial charge in [-0.25, -0.2) is 4.79 Å². The van der Waals surface area contributed by atoms with Crippen molar-refractivity contribution < 1.29 is 32.6 Å². The van der Waals surface area contributed by atoms with Crippen LogP contribution in [0.4, 0.5) is 14.6 Å². The van der Waals surface area contributed by atoms with Gasteiger partial charge >= 0.3 is 12.6 Å². The molecule has 176 valence electrons. The second kappa shape index (κ2) is 8.40. The van der Waals surface area contributed by atoms with Gasteiger partial charge in [0.15, 0.2) is 18.2 Å². The molecule has 34 heavy (non-hydrogen) atoms. The predicted octanol–water partition coefficient (Wildman–Crippen LogP) is 3.51. The molecule has 1 aliphatic carbocycles. The Morgan fingerprint density at radius 1 is 1.29 bits per heavy atom.